The molecule has 0 radical (unpaired) electrons. The molecule has 0 saturated carbocycles. The average molecular weight is 558 g/mol. The van der Waals surface area contributed by atoms with E-state index in [2.05, 4.69) is 9.97 Å². The Labute approximate surface area is 238 Å². The number of pyridine rings is 1. The highest BCUT2D eigenvalue weighted by Gasteiger charge is 2.38. The molecule has 1 aliphatic heterocycles. The van der Waals surface area contributed by atoms with E-state index in [-0.39, 0.29) is 11.7 Å². The van der Waals surface area contributed by atoms with E-state index in [9.17, 15) is 5.11 Å². The normalized spacial score (nSPS) is 14.1. The largest absolute Gasteiger partial charge is 0.507 e. The van der Waals surface area contributed by atoms with Gasteiger partial charge in [-0.1, -0.05) is 48.0 Å². The van der Waals surface area contributed by atoms with E-state index >= 15 is 0 Å². The lowest BCUT2D eigenvalue weighted by molar-refractivity contribution is 0.402. The van der Waals surface area contributed by atoms with Crippen LogP contribution in [0.4, 0.5) is 0 Å². The van der Waals surface area contributed by atoms with Gasteiger partial charge in [-0.25, -0.2) is 19.2 Å². The minimum Gasteiger partial charge on any atom is -0.507 e. The summed E-state index contributed by atoms with van der Waals surface area (Å²) in [5.41, 5.74) is 5.19. The van der Waals surface area contributed by atoms with Gasteiger partial charge in [0.15, 0.2) is 11.5 Å². The molecule has 1 N–H and O–H groups in total. The molecule has 0 aliphatic carbocycles. The molecule has 0 fully saturated rings. The van der Waals surface area contributed by atoms with Crippen molar-refractivity contribution in [3.8, 4) is 34.6 Å². The van der Waals surface area contributed by atoms with Crippen LogP contribution >= 0.6 is 11.6 Å². The zero-order chi connectivity index (χ0) is 27.7. The fourth-order valence-corrected chi connectivity index (χ4v) is 5.75. The second-order valence-electron chi connectivity index (χ2n) is 9.90. The monoisotopic (exact) mass is 557 g/mol. The van der Waals surface area contributed by atoms with Gasteiger partial charge in [0.1, 0.15) is 12.1 Å². The van der Waals surface area contributed by atoms with Crippen LogP contribution in [0, 0.1) is 6.92 Å². The number of halogens is 1. The molecule has 3 aromatic carbocycles. The number of aryl methyl sites for hydroxylation is 1. The van der Waals surface area contributed by atoms with Crippen LogP contribution in [0.3, 0.4) is 0 Å². The SMILES string of the molecule is Cc1nn(-c2cccc(Cl)c2)c2c1[C@@H](c1cccnc1)c1c(ncn3nc(-c4cc5ccccc5cc4O)nc13)O2. The number of hydrogen-bond donors (Lipinski definition) is 1. The summed E-state index contributed by atoms with van der Waals surface area (Å²) in [6, 6.07) is 22.8. The summed E-state index contributed by atoms with van der Waals surface area (Å²) < 4.78 is 9.84. The van der Waals surface area contributed by atoms with Crippen LogP contribution in [0.5, 0.6) is 17.5 Å². The third kappa shape index (κ3) is 3.66. The van der Waals surface area contributed by atoms with Gasteiger partial charge in [-0.05, 0) is 59.7 Å². The van der Waals surface area contributed by atoms with Crippen LogP contribution in [0.1, 0.15) is 28.3 Å². The zero-order valence-corrected chi connectivity index (χ0v) is 22.4. The molecule has 0 spiro atoms. The maximum Gasteiger partial charge on any atom is 0.230 e. The maximum absolute atomic E-state index is 10.9. The molecule has 4 aromatic heterocycles. The summed E-state index contributed by atoms with van der Waals surface area (Å²) in [4.78, 5) is 14.0. The van der Waals surface area contributed by atoms with Gasteiger partial charge in [0, 0.05) is 17.4 Å². The van der Waals surface area contributed by atoms with Gasteiger partial charge in [-0.3, -0.25) is 4.98 Å². The summed E-state index contributed by atoms with van der Waals surface area (Å²) in [5, 5.41) is 22.9. The predicted octanol–water partition coefficient (Wildman–Crippen LogP) is 6.48. The number of rotatable bonds is 3. The lowest BCUT2D eigenvalue weighted by Crippen LogP contribution is -2.16. The van der Waals surface area contributed by atoms with Crippen molar-refractivity contribution in [2.75, 3.05) is 0 Å². The molecular formula is C31H20ClN7O2. The van der Waals surface area contributed by atoms with Gasteiger partial charge in [0.25, 0.3) is 0 Å². The lowest BCUT2D eigenvalue weighted by atomic mass is 9.85. The second kappa shape index (κ2) is 8.87. The lowest BCUT2D eigenvalue weighted by Gasteiger charge is -2.26. The Morgan fingerprint density at radius 2 is 1.78 bits per heavy atom. The van der Waals surface area contributed by atoms with Gasteiger partial charge < -0.3 is 9.84 Å². The maximum atomic E-state index is 10.9. The standard InChI is InChI=1S/C31H20ClN7O2/c1-17-25-26(20-8-5-11-33-15-20)27-29-35-28(23-12-18-6-2-3-7-19(18)13-24(23)40)37-38(29)16-34-30(27)41-31(25)39(36-17)22-10-4-9-21(32)14-22/h2-16,26,40H,1H3/t26-/m1/s1. The minimum absolute atomic E-state index is 0.0995. The van der Waals surface area contributed by atoms with E-state index in [0.29, 0.717) is 33.8 Å². The molecule has 0 amide bonds. The van der Waals surface area contributed by atoms with Crippen LogP contribution < -0.4 is 4.74 Å². The Bertz CT molecular complexity index is 2140. The number of nitrogens with zero attached hydrogens (tertiary/aromatic N) is 7. The predicted molar refractivity (Wildman–Crippen MR) is 154 cm³/mol. The second-order valence-corrected chi connectivity index (χ2v) is 10.3. The summed E-state index contributed by atoms with van der Waals surface area (Å²) >= 11 is 6.31. The Morgan fingerprint density at radius 3 is 2.59 bits per heavy atom. The smallest absolute Gasteiger partial charge is 0.230 e. The number of aromatic nitrogens is 7. The van der Waals surface area contributed by atoms with Crippen LogP contribution in [-0.4, -0.2) is 39.5 Å². The summed E-state index contributed by atoms with van der Waals surface area (Å²) in [6.07, 6.45) is 5.14. The molecule has 0 unspecified atom stereocenters. The van der Waals surface area contributed by atoms with Crippen molar-refractivity contribution < 1.29 is 9.84 Å². The van der Waals surface area contributed by atoms with Crippen molar-refractivity contribution in [1.82, 2.24) is 34.3 Å². The topological polar surface area (TPSA) is 103 Å². The molecule has 1 atom stereocenters. The van der Waals surface area contributed by atoms with Crippen molar-refractivity contribution in [2.24, 2.45) is 0 Å². The first-order valence-corrected chi connectivity index (χ1v) is 13.3. The first-order chi connectivity index (χ1) is 20.0. The molecule has 9 nitrogen and oxygen atoms in total. The summed E-state index contributed by atoms with van der Waals surface area (Å²) in [7, 11) is 0. The number of phenolic OH excluding ortho intramolecular Hbond substituents is 1. The van der Waals surface area contributed by atoms with Gasteiger partial charge in [-0.15, -0.1) is 5.10 Å². The summed E-state index contributed by atoms with van der Waals surface area (Å²) in [5.74, 6) is 1.08. The van der Waals surface area contributed by atoms with E-state index in [1.807, 2.05) is 79.9 Å². The first-order valence-electron chi connectivity index (χ1n) is 13.0. The van der Waals surface area contributed by atoms with E-state index in [1.54, 1.807) is 27.8 Å². The van der Waals surface area contributed by atoms with E-state index in [0.717, 1.165) is 38.8 Å². The Balaban J connectivity index is 1.36. The van der Waals surface area contributed by atoms with Crippen molar-refractivity contribution in [3.63, 3.8) is 0 Å². The van der Waals surface area contributed by atoms with Gasteiger partial charge >= 0.3 is 0 Å². The molecule has 7 aromatic rings. The molecule has 5 heterocycles. The van der Waals surface area contributed by atoms with E-state index in [1.165, 1.54) is 0 Å². The molecule has 8 rings (SSSR count). The molecule has 198 valence electrons. The van der Waals surface area contributed by atoms with Crippen LogP contribution in [-0.2, 0) is 0 Å². The Morgan fingerprint density at radius 1 is 0.927 bits per heavy atom. The van der Waals surface area contributed by atoms with Crippen LogP contribution in [0.2, 0.25) is 5.02 Å². The fourth-order valence-electron chi connectivity index (χ4n) is 5.56. The molecule has 1 aliphatic rings. The highest BCUT2D eigenvalue weighted by Crippen LogP contribution is 2.49. The van der Waals surface area contributed by atoms with Crippen molar-refractivity contribution >= 4 is 28.0 Å². The third-order valence-corrected chi connectivity index (χ3v) is 7.63. The number of benzene rings is 3. The molecule has 0 saturated heterocycles. The van der Waals surface area contributed by atoms with Crippen molar-refractivity contribution in [1.29, 1.82) is 0 Å². The Hall–Kier alpha value is -5.28. The van der Waals surface area contributed by atoms with Crippen LogP contribution in [0.25, 0.3) is 33.5 Å². The fraction of sp³-hybridized carbons (Fsp3) is 0.0645. The van der Waals surface area contributed by atoms with Crippen molar-refractivity contribution in [3.05, 3.63) is 119 Å². The minimum atomic E-state index is -0.339. The Kier molecular flexibility index (Phi) is 5.10. The van der Waals surface area contributed by atoms with Gasteiger partial charge in [0.05, 0.1) is 34.0 Å². The van der Waals surface area contributed by atoms with E-state index < -0.39 is 0 Å². The van der Waals surface area contributed by atoms with Crippen LogP contribution in [0.15, 0.2) is 91.5 Å². The highest BCUT2D eigenvalue weighted by molar-refractivity contribution is 6.30. The van der Waals surface area contributed by atoms with E-state index in [4.69, 9.17) is 31.5 Å². The van der Waals surface area contributed by atoms with Gasteiger partial charge in [-0.2, -0.15) is 5.10 Å². The number of ether oxygens (including phenoxy) is 1. The third-order valence-electron chi connectivity index (χ3n) is 7.40. The molecule has 0 bridgehead atoms. The van der Waals surface area contributed by atoms with Gasteiger partial charge in [0.2, 0.25) is 11.8 Å². The molecule has 41 heavy (non-hydrogen) atoms. The highest BCUT2D eigenvalue weighted by atomic mass is 35.5. The first kappa shape index (κ1) is 23.6. The quantitative estimate of drug-likeness (QED) is 0.265. The summed E-state index contributed by atoms with van der Waals surface area (Å²) in [6.45, 7) is 1.95. The number of aromatic hydroxyl groups is 1. The number of fused-ring (bicyclic) bond motifs is 5. The van der Waals surface area contributed by atoms with Crippen molar-refractivity contribution in [2.45, 2.75) is 12.8 Å². The number of phenols is 1. The molecule has 10 heteroatoms. The number of hydrogen-bond acceptors (Lipinski definition) is 7. The zero-order valence-electron chi connectivity index (χ0n) is 21.6. The average Bonchev–Trinajstić information content (AvgIpc) is 3.57. The molecular weight excluding hydrogens is 538 g/mol.